The van der Waals surface area contributed by atoms with E-state index in [0.29, 0.717) is 17.9 Å². The summed E-state index contributed by atoms with van der Waals surface area (Å²) in [7, 11) is 1.59. The van der Waals surface area contributed by atoms with Gasteiger partial charge in [0.05, 0.1) is 18.2 Å². The summed E-state index contributed by atoms with van der Waals surface area (Å²) in [5, 5.41) is 7.57. The topological polar surface area (TPSA) is 66.5 Å². The first-order valence-electron chi connectivity index (χ1n) is 12.0. The second kappa shape index (κ2) is 10.2. The van der Waals surface area contributed by atoms with Crippen molar-refractivity contribution < 1.29 is 9.53 Å². The highest BCUT2D eigenvalue weighted by Gasteiger charge is 2.17. The van der Waals surface area contributed by atoms with Crippen LogP contribution in [0.2, 0.25) is 0 Å². The summed E-state index contributed by atoms with van der Waals surface area (Å²) in [5.74, 6) is 0.411. The fraction of sp³-hybridized carbons (Fsp3) is 0.241. The number of aromatic nitrogens is 1. The lowest BCUT2D eigenvalue weighted by Crippen LogP contribution is -2.37. The standard InChI is InChI=1S/C29H30N4O2/c1-20-17-27(24-9-5-6-10-26(24)31-20)32-23-11-12-28(35-2)25(18-23)29(34)30-14-16-33-15-13-21-7-3-4-8-22(21)19-33/h3-12,17-18H,13-16,19H2,1-2H3,(H,30,34)(H,31,32). The predicted octanol–water partition coefficient (Wildman–Crippen LogP) is 5.08. The molecule has 2 N–H and O–H groups in total. The highest BCUT2D eigenvalue weighted by Crippen LogP contribution is 2.29. The minimum Gasteiger partial charge on any atom is -0.496 e. The second-order valence-electron chi connectivity index (χ2n) is 8.92. The average molecular weight is 467 g/mol. The normalized spacial score (nSPS) is 13.3. The van der Waals surface area contributed by atoms with Gasteiger partial charge in [0.15, 0.2) is 0 Å². The van der Waals surface area contributed by atoms with E-state index in [1.54, 1.807) is 7.11 Å². The Morgan fingerprint density at radius 3 is 2.69 bits per heavy atom. The smallest absolute Gasteiger partial charge is 0.255 e. The van der Waals surface area contributed by atoms with Crippen molar-refractivity contribution >= 4 is 28.2 Å². The summed E-state index contributed by atoms with van der Waals surface area (Å²) in [4.78, 5) is 20.1. The molecular weight excluding hydrogens is 436 g/mol. The molecule has 1 amide bonds. The Bertz CT molecular complexity index is 1370. The summed E-state index contributed by atoms with van der Waals surface area (Å²) in [6, 6.07) is 24.2. The number of carbonyl (C=O) groups excluding carboxylic acids is 1. The number of carbonyl (C=O) groups is 1. The molecule has 0 unspecified atom stereocenters. The molecule has 4 aromatic rings. The Balaban J connectivity index is 1.27. The van der Waals surface area contributed by atoms with Crippen LogP contribution in [0.15, 0.2) is 72.8 Å². The number of benzene rings is 3. The van der Waals surface area contributed by atoms with Crippen molar-refractivity contribution in [3.8, 4) is 5.75 Å². The molecule has 0 spiro atoms. The SMILES string of the molecule is COc1ccc(Nc2cc(C)nc3ccccc23)cc1C(=O)NCCN1CCc2ccccc2C1. The molecule has 5 rings (SSSR count). The van der Waals surface area contributed by atoms with E-state index in [-0.39, 0.29) is 5.91 Å². The van der Waals surface area contributed by atoms with E-state index in [2.05, 4.69) is 44.8 Å². The fourth-order valence-electron chi connectivity index (χ4n) is 4.70. The maximum atomic E-state index is 13.1. The minimum absolute atomic E-state index is 0.140. The zero-order chi connectivity index (χ0) is 24.2. The molecule has 3 aromatic carbocycles. The number of para-hydroxylation sites is 1. The monoisotopic (exact) mass is 466 g/mol. The summed E-state index contributed by atoms with van der Waals surface area (Å²) in [6.45, 7) is 5.30. The zero-order valence-corrected chi connectivity index (χ0v) is 20.2. The van der Waals surface area contributed by atoms with E-state index in [0.717, 1.165) is 54.0 Å². The third kappa shape index (κ3) is 5.12. The molecule has 1 aliphatic heterocycles. The lowest BCUT2D eigenvalue weighted by atomic mass is 10.00. The largest absolute Gasteiger partial charge is 0.496 e. The van der Waals surface area contributed by atoms with Crippen LogP contribution >= 0.6 is 0 Å². The molecule has 6 heteroatoms. The van der Waals surface area contributed by atoms with E-state index in [1.807, 2.05) is 55.5 Å². The summed E-state index contributed by atoms with van der Waals surface area (Å²) < 4.78 is 5.49. The second-order valence-corrected chi connectivity index (χ2v) is 8.92. The maximum Gasteiger partial charge on any atom is 0.255 e. The van der Waals surface area contributed by atoms with E-state index < -0.39 is 0 Å². The Kier molecular flexibility index (Phi) is 6.64. The van der Waals surface area contributed by atoms with Crippen LogP contribution in [0.3, 0.4) is 0 Å². The Morgan fingerprint density at radius 1 is 1.03 bits per heavy atom. The van der Waals surface area contributed by atoms with Crippen molar-refractivity contribution in [3.63, 3.8) is 0 Å². The number of hydrogen-bond acceptors (Lipinski definition) is 5. The van der Waals surface area contributed by atoms with Crippen LogP contribution in [0, 0.1) is 6.92 Å². The number of hydrogen-bond donors (Lipinski definition) is 2. The van der Waals surface area contributed by atoms with Crippen molar-refractivity contribution in [2.24, 2.45) is 0 Å². The van der Waals surface area contributed by atoms with E-state index >= 15 is 0 Å². The molecule has 6 nitrogen and oxygen atoms in total. The van der Waals surface area contributed by atoms with Gasteiger partial charge in [-0.15, -0.1) is 0 Å². The van der Waals surface area contributed by atoms with Gasteiger partial charge in [-0.2, -0.15) is 0 Å². The molecule has 0 saturated carbocycles. The molecule has 1 aliphatic rings. The molecule has 0 bridgehead atoms. The van der Waals surface area contributed by atoms with Crippen LogP contribution < -0.4 is 15.4 Å². The Hall–Kier alpha value is -3.90. The zero-order valence-electron chi connectivity index (χ0n) is 20.2. The van der Waals surface area contributed by atoms with Crippen molar-refractivity contribution in [1.82, 2.24) is 15.2 Å². The number of pyridine rings is 1. The van der Waals surface area contributed by atoms with Gasteiger partial charge in [0.1, 0.15) is 5.75 Å². The quantitative estimate of drug-likeness (QED) is 0.397. The first-order valence-corrected chi connectivity index (χ1v) is 12.0. The fourth-order valence-corrected chi connectivity index (χ4v) is 4.70. The van der Waals surface area contributed by atoms with Crippen molar-refractivity contribution in [2.45, 2.75) is 19.9 Å². The summed E-state index contributed by atoms with van der Waals surface area (Å²) >= 11 is 0. The number of ether oxygens (including phenoxy) is 1. The first kappa shape index (κ1) is 22.9. The van der Waals surface area contributed by atoms with Gasteiger partial charge < -0.3 is 15.4 Å². The van der Waals surface area contributed by atoms with Crippen LogP contribution in [-0.4, -0.2) is 42.5 Å². The van der Waals surface area contributed by atoms with Crippen LogP contribution in [0.4, 0.5) is 11.4 Å². The van der Waals surface area contributed by atoms with Crippen molar-refractivity contribution in [3.05, 3.63) is 95.2 Å². The summed E-state index contributed by atoms with van der Waals surface area (Å²) in [5.41, 5.74) is 6.95. The maximum absolute atomic E-state index is 13.1. The summed E-state index contributed by atoms with van der Waals surface area (Å²) in [6.07, 6.45) is 1.05. The van der Waals surface area contributed by atoms with Gasteiger partial charge in [0.25, 0.3) is 5.91 Å². The van der Waals surface area contributed by atoms with Crippen LogP contribution in [-0.2, 0) is 13.0 Å². The Morgan fingerprint density at radius 2 is 1.83 bits per heavy atom. The van der Waals surface area contributed by atoms with Crippen molar-refractivity contribution in [1.29, 1.82) is 0 Å². The molecule has 0 aliphatic carbocycles. The molecule has 35 heavy (non-hydrogen) atoms. The van der Waals surface area contributed by atoms with Crippen LogP contribution in [0.5, 0.6) is 5.75 Å². The number of aryl methyl sites for hydroxylation is 1. The van der Waals surface area contributed by atoms with Gasteiger partial charge in [-0.1, -0.05) is 42.5 Å². The van der Waals surface area contributed by atoms with E-state index in [9.17, 15) is 4.79 Å². The van der Waals surface area contributed by atoms with Crippen LogP contribution in [0.1, 0.15) is 27.2 Å². The lowest BCUT2D eigenvalue weighted by Gasteiger charge is -2.28. The van der Waals surface area contributed by atoms with Gasteiger partial charge in [-0.05, 0) is 54.8 Å². The molecule has 2 heterocycles. The lowest BCUT2D eigenvalue weighted by molar-refractivity contribution is 0.0944. The molecule has 1 aromatic heterocycles. The van der Waals surface area contributed by atoms with E-state index in [4.69, 9.17) is 4.74 Å². The molecular formula is C29H30N4O2. The molecule has 0 atom stereocenters. The third-order valence-electron chi connectivity index (χ3n) is 6.49. The average Bonchev–Trinajstić information content (AvgIpc) is 2.88. The third-order valence-corrected chi connectivity index (χ3v) is 6.49. The first-order chi connectivity index (χ1) is 17.1. The number of rotatable bonds is 7. The number of anilines is 2. The highest BCUT2D eigenvalue weighted by atomic mass is 16.5. The minimum atomic E-state index is -0.140. The van der Waals surface area contributed by atoms with E-state index in [1.165, 1.54) is 11.1 Å². The molecule has 0 saturated heterocycles. The molecule has 0 radical (unpaired) electrons. The van der Waals surface area contributed by atoms with Crippen molar-refractivity contribution in [2.75, 3.05) is 32.1 Å². The number of amides is 1. The van der Waals surface area contributed by atoms with Gasteiger partial charge in [-0.25, -0.2) is 0 Å². The Labute approximate surface area is 205 Å². The number of nitrogens with one attached hydrogen (secondary N) is 2. The number of fused-ring (bicyclic) bond motifs is 2. The molecule has 178 valence electrons. The van der Waals surface area contributed by atoms with Crippen LogP contribution in [0.25, 0.3) is 10.9 Å². The van der Waals surface area contributed by atoms with Gasteiger partial charge in [0.2, 0.25) is 0 Å². The molecule has 0 fully saturated rings. The predicted molar refractivity (Wildman–Crippen MR) is 141 cm³/mol. The number of nitrogens with zero attached hydrogens (tertiary/aromatic N) is 2. The van der Waals surface area contributed by atoms with Gasteiger partial charge >= 0.3 is 0 Å². The highest BCUT2D eigenvalue weighted by molar-refractivity contribution is 5.99. The van der Waals surface area contributed by atoms with Gasteiger partial charge in [0, 0.05) is 48.6 Å². The number of methoxy groups -OCH3 is 1. The van der Waals surface area contributed by atoms with Gasteiger partial charge in [-0.3, -0.25) is 14.7 Å².